The van der Waals surface area contributed by atoms with E-state index >= 15 is 0 Å². The third-order valence-corrected chi connectivity index (χ3v) is 3.66. The molecular formula is C14H22N4O2. The number of nitrogens with zero attached hydrogens (tertiary/aromatic N) is 3. The molecule has 6 heteroatoms. The fourth-order valence-electron chi connectivity index (χ4n) is 2.46. The molecule has 2 aliphatic heterocycles. The van der Waals surface area contributed by atoms with E-state index in [4.69, 9.17) is 4.74 Å². The van der Waals surface area contributed by atoms with Crippen LogP contribution >= 0.6 is 0 Å². The summed E-state index contributed by atoms with van der Waals surface area (Å²) in [5.74, 6) is 0. The van der Waals surface area contributed by atoms with Crippen LogP contribution in [0.15, 0.2) is 6.20 Å². The van der Waals surface area contributed by atoms with Gasteiger partial charge in [-0.25, -0.2) is 4.79 Å². The number of amides is 1. The van der Waals surface area contributed by atoms with Gasteiger partial charge in [-0.15, -0.1) is 0 Å². The summed E-state index contributed by atoms with van der Waals surface area (Å²) in [5.41, 5.74) is 1.82. The van der Waals surface area contributed by atoms with Crippen molar-refractivity contribution in [2.45, 2.75) is 45.4 Å². The topological polar surface area (TPSA) is 59.4 Å². The average Bonchev–Trinajstić information content (AvgIpc) is 2.65. The van der Waals surface area contributed by atoms with Crippen molar-refractivity contribution in [3.8, 4) is 0 Å². The van der Waals surface area contributed by atoms with Crippen molar-refractivity contribution in [1.29, 1.82) is 0 Å². The summed E-state index contributed by atoms with van der Waals surface area (Å²) in [5, 5.41) is 7.89. The fourth-order valence-corrected chi connectivity index (χ4v) is 2.46. The molecule has 0 unspecified atom stereocenters. The van der Waals surface area contributed by atoms with Gasteiger partial charge >= 0.3 is 6.09 Å². The van der Waals surface area contributed by atoms with Crippen molar-refractivity contribution in [3.05, 3.63) is 17.5 Å². The lowest BCUT2D eigenvalue weighted by Gasteiger charge is -2.29. The fraction of sp³-hybridized carbons (Fsp3) is 0.714. The molecule has 0 saturated carbocycles. The number of hydrogen-bond acceptors (Lipinski definition) is 4. The highest BCUT2D eigenvalue weighted by Crippen LogP contribution is 2.22. The summed E-state index contributed by atoms with van der Waals surface area (Å²) in [6.07, 6.45) is 2.65. The third kappa shape index (κ3) is 2.65. The Hall–Kier alpha value is -1.56. The van der Waals surface area contributed by atoms with Crippen LogP contribution in [0.2, 0.25) is 0 Å². The number of carbonyl (C=O) groups is 1. The van der Waals surface area contributed by atoms with E-state index in [9.17, 15) is 4.79 Å². The van der Waals surface area contributed by atoms with Crippen molar-refractivity contribution in [1.82, 2.24) is 20.0 Å². The van der Waals surface area contributed by atoms with Crippen LogP contribution in [0.4, 0.5) is 4.79 Å². The first-order valence-electron chi connectivity index (χ1n) is 7.18. The molecular weight excluding hydrogens is 256 g/mol. The van der Waals surface area contributed by atoms with Gasteiger partial charge in [-0.05, 0) is 20.8 Å². The number of hydrogen-bond donors (Lipinski definition) is 1. The smallest absolute Gasteiger partial charge is 0.410 e. The largest absolute Gasteiger partial charge is 0.444 e. The number of carbonyl (C=O) groups excluding carboxylic acids is 1. The molecule has 3 rings (SSSR count). The Morgan fingerprint density at radius 3 is 2.80 bits per heavy atom. The van der Waals surface area contributed by atoms with Crippen LogP contribution in [-0.2, 0) is 17.7 Å². The molecule has 0 spiro atoms. The van der Waals surface area contributed by atoms with Crippen LogP contribution in [-0.4, -0.2) is 46.0 Å². The van der Waals surface area contributed by atoms with Crippen LogP contribution in [0.5, 0.6) is 0 Å². The summed E-state index contributed by atoms with van der Waals surface area (Å²) >= 11 is 0. The number of nitrogens with one attached hydrogen (secondary N) is 1. The Labute approximate surface area is 119 Å². The van der Waals surface area contributed by atoms with Gasteiger partial charge < -0.3 is 15.0 Å². The summed E-state index contributed by atoms with van der Waals surface area (Å²) in [7, 11) is 0. The molecule has 20 heavy (non-hydrogen) atoms. The minimum atomic E-state index is -0.445. The number of aromatic nitrogens is 2. The monoisotopic (exact) mass is 278 g/mol. The van der Waals surface area contributed by atoms with Gasteiger partial charge in [0, 0.05) is 37.8 Å². The molecule has 0 radical (unpaired) electrons. The average molecular weight is 278 g/mol. The van der Waals surface area contributed by atoms with Gasteiger partial charge in [-0.2, -0.15) is 5.10 Å². The second-order valence-electron chi connectivity index (χ2n) is 6.55. The van der Waals surface area contributed by atoms with Gasteiger partial charge in [0.05, 0.1) is 18.3 Å². The maximum atomic E-state index is 12.1. The van der Waals surface area contributed by atoms with Crippen LogP contribution in [0.25, 0.3) is 0 Å². The molecule has 1 fully saturated rings. The summed E-state index contributed by atoms with van der Waals surface area (Å²) < 4.78 is 7.47. The van der Waals surface area contributed by atoms with Gasteiger partial charge in [0.2, 0.25) is 0 Å². The summed E-state index contributed by atoms with van der Waals surface area (Å²) in [6.45, 7) is 8.92. The van der Waals surface area contributed by atoms with E-state index in [-0.39, 0.29) is 6.09 Å². The molecule has 1 amide bonds. The summed E-state index contributed by atoms with van der Waals surface area (Å²) in [6, 6.07) is 0.468. The van der Waals surface area contributed by atoms with Gasteiger partial charge in [0.15, 0.2) is 0 Å². The first kappa shape index (κ1) is 13.4. The van der Waals surface area contributed by atoms with Crippen LogP contribution in [0.1, 0.15) is 38.1 Å². The predicted octanol–water partition coefficient (Wildman–Crippen LogP) is 1.32. The van der Waals surface area contributed by atoms with Gasteiger partial charge in [-0.1, -0.05) is 0 Å². The summed E-state index contributed by atoms with van der Waals surface area (Å²) in [4.78, 5) is 13.9. The normalized spacial score (nSPS) is 19.4. The Morgan fingerprint density at radius 2 is 2.20 bits per heavy atom. The highest BCUT2D eigenvalue weighted by atomic mass is 16.6. The molecule has 0 atom stereocenters. The standard InChI is InChI=1S/C14H22N4O2/c1-14(2,3)20-13(19)17-5-4-12-10(8-17)9-18(16-12)11-6-15-7-11/h9,11,15H,4-8H2,1-3H3. The maximum Gasteiger partial charge on any atom is 0.410 e. The first-order valence-corrected chi connectivity index (χ1v) is 7.18. The zero-order valence-electron chi connectivity index (χ0n) is 12.3. The molecule has 0 aromatic carbocycles. The first-order chi connectivity index (χ1) is 9.42. The molecule has 1 aromatic heterocycles. The predicted molar refractivity (Wildman–Crippen MR) is 74.5 cm³/mol. The molecule has 6 nitrogen and oxygen atoms in total. The Balaban J connectivity index is 1.68. The zero-order valence-corrected chi connectivity index (χ0v) is 12.3. The number of fused-ring (bicyclic) bond motifs is 1. The SMILES string of the molecule is CC(C)(C)OC(=O)N1CCc2nn(C3CNC3)cc2C1. The Morgan fingerprint density at radius 1 is 1.45 bits per heavy atom. The van der Waals surface area contributed by atoms with Gasteiger partial charge in [0.25, 0.3) is 0 Å². The lowest BCUT2D eigenvalue weighted by atomic mass is 10.1. The van der Waals surface area contributed by atoms with Crippen LogP contribution in [0.3, 0.4) is 0 Å². The van der Waals surface area contributed by atoms with Crippen molar-refractivity contribution in [2.75, 3.05) is 19.6 Å². The molecule has 0 aliphatic carbocycles. The van der Waals surface area contributed by atoms with Crippen molar-refractivity contribution in [3.63, 3.8) is 0 Å². The second-order valence-corrected chi connectivity index (χ2v) is 6.55. The highest BCUT2D eigenvalue weighted by molar-refractivity contribution is 5.68. The van der Waals surface area contributed by atoms with E-state index in [1.165, 1.54) is 0 Å². The maximum absolute atomic E-state index is 12.1. The molecule has 1 aromatic rings. The third-order valence-electron chi connectivity index (χ3n) is 3.66. The minimum Gasteiger partial charge on any atom is -0.444 e. The molecule has 3 heterocycles. The lowest BCUT2D eigenvalue weighted by molar-refractivity contribution is 0.0223. The molecule has 0 bridgehead atoms. The number of rotatable bonds is 1. The van der Waals surface area contributed by atoms with E-state index in [1.54, 1.807) is 4.90 Å². The van der Waals surface area contributed by atoms with Gasteiger partial charge in [-0.3, -0.25) is 4.68 Å². The highest BCUT2D eigenvalue weighted by Gasteiger charge is 2.29. The molecule has 2 aliphatic rings. The van der Waals surface area contributed by atoms with E-state index < -0.39 is 5.60 Å². The lowest BCUT2D eigenvalue weighted by Crippen LogP contribution is -2.43. The van der Waals surface area contributed by atoms with Crippen molar-refractivity contribution in [2.24, 2.45) is 0 Å². The van der Waals surface area contributed by atoms with Crippen LogP contribution in [0, 0.1) is 0 Å². The van der Waals surface area contributed by atoms with Crippen molar-refractivity contribution >= 4 is 6.09 Å². The minimum absolute atomic E-state index is 0.235. The second kappa shape index (κ2) is 4.77. The molecule has 110 valence electrons. The van der Waals surface area contributed by atoms with Crippen molar-refractivity contribution < 1.29 is 9.53 Å². The van der Waals surface area contributed by atoms with E-state index in [1.807, 2.05) is 25.5 Å². The van der Waals surface area contributed by atoms with E-state index in [2.05, 4.69) is 16.6 Å². The molecule has 1 N–H and O–H groups in total. The Bertz CT molecular complexity index is 514. The quantitative estimate of drug-likeness (QED) is 0.841. The Kier molecular flexibility index (Phi) is 3.20. The van der Waals surface area contributed by atoms with E-state index in [0.29, 0.717) is 19.1 Å². The number of ether oxygens (including phenoxy) is 1. The van der Waals surface area contributed by atoms with Crippen LogP contribution < -0.4 is 5.32 Å². The molecule has 1 saturated heterocycles. The van der Waals surface area contributed by atoms with E-state index in [0.717, 1.165) is 30.8 Å². The van der Waals surface area contributed by atoms with Gasteiger partial charge in [0.1, 0.15) is 5.60 Å². The zero-order chi connectivity index (χ0) is 14.3.